The molecule has 0 aromatic carbocycles. The van der Waals surface area contributed by atoms with Gasteiger partial charge in [0.2, 0.25) is 0 Å². The highest BCUT2D eigenvalue weighted by molar-refractivity contribution is 6.29. The zero-order valence-electron chi connectivity index (χ0n) is 7.78. The minimum Gasteiger partial charge on any atom is -0.395 e. The van der Waals surface area contributed by atoms with Crippen LogP contribution < -0.4 is 5.32 Å². The second-order valence-electron chi connectivity index (χ2n) is 3.59. The van der Waals surface area contributed by atoms with Crippen LogP contribution in [0.4, 0.5) is 0 Å². The van der Waals surface area contributed by atoms with Crippen LogP contribution in [0.3, 0.4) is 0 Å². The van der Waals surface area contributed by atoms with E-state index >= 15 is 0 Å². The molecule has 1 aliphatic rings. The van der Waals surface area contributed by atoms with Crippen LogP contribution in [-0.2, 0) is 0 Å². The molecule has 4 heteroatoms. The summed E-state index contributed by atoms with van der Waals surface area (Å²) in [5, 5.41) is 12.8. The van der Waals surface area contributed by atoms with Gasteiger partial charge in [0.1, 0.15) is 5.15 Å². The normalized spacial score (nSPS) is 26.7. The van der Waals surface area contributed by atoms with Crippen LogP contribution in [0.5, 0.6) is 0 Å². The third kappa shape index (κ3) is 2.05. The van der Waals surface area contributed by atoms with Crippen molar-refractivity contribution in [3.05, 3.63) is 29.0 Å². The minimum absolute atomic E-state index is 0.206. The molecule has 0 spiro atoms. The van der Waals surface area contributed by atoms with Crippen molar-refractivity contribution in [3.63, 3.8) is 0 Å². The second-order valence-corrected chi connectivity index (χ2v) is 3.98. The van der Waals surface area contributed by atoms with E-state index in [0.29, 0.717) is 11.2 Å². The van der Waals surface area contributed by atoms with Crippen molar-refractivity contribution in [1.82, 2.24) is 10.3 Å². The molecule has 0 bridgehead atoms. The van der Waals surface area contributed by atoms with Crippen molar-refractivity contribution in [3.8, 4) is 0 Å². The average molecular weight is 213 g/mol. The highest BCUT2D eigenvalue weighted by Crippen LogP contribution is 2.26. The lowest BCUT2D eigenvalue weighted by Gasteiger charge is -2.12. The van der Waals surface area contributed by atoms with Gasteiger partial charge < -0.3 is 10.4 Å². The summed E-state index contributed by atoms with van der Waals surface area (Å²) in [5.41, 5.74) is 1.14. The predicted octanol–water partition coefficient (Wildman–Crippen LogP) is 1.52. The number of rotatable bonds is 2. The van der Waals surface area contributed by atoms with Gasteiger partial charge in [0.15, 0.2) is 0 Å². The highest BCUT2D eigenvalue weighted by atomic mass is 35.5. The van der Waals surface area contributed by atoms with Crippen LogP contribution in [0.25, 0.3) is 0 Å². The Morgan fingerprint density at radius 1 is 1.50 bits per heavy atom. The SMILES string of the molecule is OC[C@@H]1CCC(c2ccc(Cl)nc2)N1. The fourth-order valence-corrected chi connectivity index (χ4v) is 1.93. The topological polar surface area (TPSA) is 45.2 Å². The Bertz CT molecular complexity index is 301. The summed E-state index contributed by atoms with van der Waals surface area (Å²) < 4.78 is 0. The maximum absolute atomic E-state index is 8.98. The molecular weight excluding hydrogens is 200 g/mol. The number of aromatic nitrogens is 1. The Morgan fingerprint density at radius 3 is 2.93 bits per heavy atom. The van der Waals surface area contributed by atoms with Crippen LogP contribution in [0.1, 0.15) is 24.4 Å². The summed E-state index contributed by atoms with van der Waals surface area (Å²) in [6.45, 7) is 0.206. The molecule has 1 unspecified atom stereocenters. The summed E-state index contributed by atoms with van der Waals surface area (Å²) in [6.07, 6.45) is 3.86. The summed E-state index contributed by atoms with van der Waals surface area (Å²) in [7, 11) is 0. The van der Waals surface area contributed by atoms with E-state index in [4.69, 9.17) is 16.7 Å². The van der Waals surface area contributed by atoms with E-state index in [0.717, 1.165) is 18.4 Å². The van der Waals surface area contributed by atoms with Gasteiger partial charge in [-0.2, -0.15) is 0 Å². The molecule has 1 aromatic rings. The molecule has 0 aliphatic carbocycles. The van der Waals surface area contributed by atoms with E-state index in [1.807, 2.05) is 6.07 Å². The first-order valence-corrected chi connectivity index (χ1v) is 5.16. The molecule has 14 heavy (non-hydrogen) atoms. The molecular formula is C10H13ClN2O. The van der Waals surface area contributed by atoms with Gasteiger partial charge in [-0.25, -0.2) is 4.98 Å². The van der Waals surface area contributed by atoms with E-state index in [1.165, 1.54) is 0 Å². The maximum atomic E-state index is 8.98. The summed E-state index contributed by atoms with van der Waals surface area (Å²) in [6, 6.07) is 4.32. The Labute approximate surface area is 88.1 Å². The molecule has 0 amide bonds. The van der Waals surface area contributed by atoms with Crippen LogP contribution in [0.2, 0.25) is 5.15 Å². The Morgan fingerprint density at radius 2 is 2.36 bits per heavy atom. The number of hydrogen-bond donors (Lipinski definition) is 2. The lowest BCUT2D eigenvalue weighted by molar-refractivity contribution is 0.251. The number of pyridine rings is 1. The molecule has 2 atom stereocenters. The molecule has 1 aromatic heterocycles. The zero-order valence-corrected chi connectivity index (χ0v) is 8.54. The monoisotopic (exact) mass is 212 g/mol. The molecule has 1 fully saturated rings. The molecule has 76 valence electrons. The zero-order chi connectivity index (χ0) is 9.97. The second kappa shape index (κ2) is 4.26. The molecule has 2 heterocycles. The van der Waals surface area contributed by atoms with Crippen molar-refractivity contribution in [1.29, 1.82) is 0 Å². The van der Waals surface area contributed by atoms with Gasteiger partial charge in [-0.15, -0.1) is 0 Å². The third-order valence-corrected chi connectivity index (χ3v) is 2.84. The first-order chi connectivity index (χ1) is 6.79. The first kappa shape index (κ1) is 9.90. The van der Waals surface area contributed by atoms with Crippen molar-refractivity contribution in [2.45, 2.75) is 24.9 Å². The van der Waals surface area contributed by atoms with Crippen LogP contribution in [0.15, 0.2) is 18.3 Å². The average Bonchev–Trinajstić information content (AvgIpc) is 2.67. The van der Waals surface area contributed by atoms with Gasteiger partial charge in [0.05, 0.1) is 6.61 Å². The number of halogens is 1. The predicted molar refractivity (Wildman–Crippen MR) is 55.2 cm³/mol. The summed E-state index contributed by atoms with van der Waals surface area (Å²) in [4.78, 5) is 4.04. The van der Waals surface area contributed by atoms with Gasteiger partial charge >= 0.3 is 0 Å². The van der Waals surface area contributed by atoms with E-state index in [9.17, 15) is 0 Å². The first-order valence-electron chi connectivity index (χ1n) is 4.78. The van der Waals surface area contributed by atoms with E-state index in [1.54, 1.807) is 12.3 Å². The summed E-state index contributed by atoms with van der Waals surface area (Å²) in [5.74, 6) is 0. The Hall–Kier alpha value is -0.640. The number of nitrogens with one attached hydrogen (secondary N) is 1. The van der Waals surface area contributed by atoms with Crippen molar-refractivity contribution >= 4 is 11.6 Å². The maximum Gasteiger partial charge on any atom is 0.129 e. The van der Waals surface area contributed by atoms with Gasteiger partial charge in [-0.3, -0.25) is 0 Å². The fourth-order valence-electron chi connectivity index (χ4n) is 1.82. The van der Waals surface area contributed by atoms with Crippen molar-refractivity contribution < 1.29 is 5.11 Å². The van der Waals surface area contributed by atoms with Gasteiger partial charge in [0.25, 0.3) is 0 Å². The van der Waals surface area contributed by atoms with Crippen LogP contribution >= 0.6 is 11.6 Å². The molecule has 1 aliphatic heterocycles. The third-order valence-electron chi connectivity index (χ3n) is 2.61. The van der Waals surface area contributed by atoms with E-state index in [2.05, 4.69) is 10.3 Å². The minimum atomic E-state index is 0.206. The molecule has 0 saturated carbocycles. The Balaban J connectivity index is 2.06. The molecule has 2 N–H and O–H groups in total. The fraction of sp³-hybridized carbons (Fsp3) is 0.500. The van der Waals surface area contributed by atoms with Crippen LogP contribution in [-0.4, -0.2) is 22.7 Å². The molecule has 3 nitrogen and oxygen atoms in total. The standard InChI is InChI=1S/C10H13ClN2O/c11-10-4-1-7(5-12-10)9-3-2-8(6-14)13-9/h1,4-5,8-9,13-14H,2-3,6H2/t8-,9?/m0/s1. The van der Waals surface area contributed by atoms with Gasteiger partial charge in [-0.05, 0) is 24.5 Å². The number of aliphatic hydroxyl groups excluding tert-OH is 1. The molecule has 1 saturated heterocycles. The highest BCUT2D eigenvalue weighted by Gasteiger charge is 2.24. The van der Waals surface area contributed by atoms with E-state index in [-0.39, 0.29) is 12.6 Å². The molecule has 0 radical (unpaired) electrons. The number of hydrogen-bond acceptors (Lipinski definition) is 3. The van der Waals surface area contributed by atoms with Crippen molar-refractivity contribution in [2.75, 3.05) is 6.61 Å². The lowest BCUT2D eigenvalue weighted by atomic mass is 10.1. The van der Waals surface area contributed by atoms with Crippen LogP contribution in [0, 0.1) is 0 Å². The number of aliphatic hydroxyl groups is 1. The lowest BCUT2D eigenvalue weighted by Crippen LogP contribution is -2.27. The van der Waals surface area contributed by atoms with E-state index < -0.39 is 0 Å². The summed E-state index contributed by atoms with van der Waals surface area (Å²) >= 11 is 5.70. The number of nitrogens with zero attached hydrogens (tertiary/aromatic N) is 1. The van der Waals surface area contributed by atoms with Gasteiger partial charge in [-0.1, -0.05) is 17.7 Å². The smallest absolute Gasteiger partial charge is 0.129 e. The van der Waals surface area contributed by atoms with Crippen molar-refractivity contribution in [2.24, 2.45) is 0 Å². The largest absolute Gasteiger partial charge is 0.395 e. The Kier molecular flexibility index (Phi) is 3.01. The quantitative estimate of drug-likeness (QED) is 0.731. The van der Waals surface area contributed by atoms with Gasteiger partial charge in [0, 0.05) is 18.3 Å². The molecule has 2 rings (SSSR count).